The average molecular weight is 239 g/mol. The molecule has 0 radical (unpaired) electrons. The SMILES string of the molecule is c1ccc2c(c1)Nc1cc3c(cc1S2)CCC3. The molecule has 0 aromatic heterocycles. The molecular formula is C15H13NS. The predicted molar refractivity (Wildman–Crippen MR) is 72.3 cm³/mol. The number of fused-ring (bicyclic) bond motifs is 3. The lowest BCUT2D eigenvalue weighted by atomic mass is 10.1. The summed E-state index contributed by atoms with van der Waals surface area (Å²) in [5.74, 6) is 0. The smallest absolute Gasteiger partial charge is 0.0529 e. The van der Waals surface area contributed by atoms with Gasteiger partial charge in [-0.15, -0.1) is 0 Å². The van der Waals surface area contributed by atoms with Crippen LogP contribution in [0.3, 0.4) is 0 Å². The van der Waals surface area contributed by atoms with Gasteiger partial charge in [0.15, 0.2) is 0 Å². The Balaban J connectivity index is 1.85. The summed E-state index contributed by atoms with van der Waals surface area (Å²) in [5.41, 5.74) is 5.62. The molecule has 17 heavy (non-hydrogen) atoms. The van der Waals surface area contributed by atoms with Crippen LogP contribution in [0, 0.1) is 0 Å². The van der Waals surface area contributed by atoms with E-state index in [0.29, 0.717) is 0 Å². The number of anilines is 2. The molecule has 1 aliphatic heterocycles. The van der Waals surface area contributed by atoms with Gasteiger partial charge in [-0.3, -0.25) is 0 Å². The van der Waals surface area contributed by atoms with E-state index in [9.17, 15) is 0 Å². The largest absolute Gasteiger partial charge is 0.354 e. The molecule has 0 atom stereocenters. The van der Waals surface area contributed by atoms with Crippen molar-refractivity contribution >= 4 is 23.1 Å². The third kappa shape index (κ3) is 1.48. The van der Waals surface area contributed by atoms with Crippen LogP contribution in [0.25, 0.3) is 0 Å². The van der Waals surface area contributed by atoms with E-state index >= 15 is 0 Å². The molecule has 1 N–H and O–H groups in total. The van der Waals surface area contributed by atoms with Gasteiger partial charge < -0.3 is 5.32 Å². The highest BCUT2D eigenvalue weighted by Crippen LogP contribution is 2.45. The molecular weight excluding hydrogens is 226 g/mol. The molecule has 2 aromatic rings. The maximum Gasteiger partial charge on any atom is 0.0529 e. The van der Waals surface area contributed by atoms with E-state index in [0.717, 1.165) is 0 Å². The van der Waals surface area contributed by atoms with Crippen molar-refractivity contribution in [1.82, 2.24) is 0 Å². The summed E-state index contributed by atoms with van der Waals surface area (Å²) < 4.78 is 0. The second-order valence-electron chi connectivity index (χ2n) is 4.69. The minimum absolute atomic E-state index is 1.24. The van der Waals surface area contributed by atoms with Crippen LogP contribution < -0.4 is 5.32 Å². The summed E-state index contributed by atoms with van der Waals surface area (Å²) in [6, 6.07) is 13.3. The Kier molecular flexibility index (Phi) is 2.00. The van der Waals surface area contributed by atoms with Crippen LogP contribution in [0.5, 0.6) is 0 Å². The molecule has 0 saturated carbocycles. The maximum atomic E-state index is 3.55. The number of para-hydroxylation sites is 1. The maximum absolute atomic E-state index is 3.55. The Morgan fingerprint density at radius 1 is 0.882 bits per heavy atom. The molecule has 0 fully saturated rings. The summed E-state index contributed by atoms with van der Waals surface area (Å²) in [6.07, 6.45) is 3.82. The van der Waals surface area contributed by atoms with Crippen LogP contribution in [0.1, 0.15) is 17.5 Å². The van der Waals surface area contributed by atoms with E-state index in [1.807, 2.05) is 11.8 Å². The van der Waals surface area contributed by atoms with Crippen LogP contribution in [0.4, 0.5) is 11.4 Å². The Hall–Kier alpha value is -1.41. The lowest BCUT2D eigenvalue weighted by Gasteiger charge is -2.21. The number of benzene rings is 2. The Labute approximate surface area is 105 Å². The van der Waals surface area contributed by atoms with Crippen molar-refractivity contribution in [2.75, 3.05) is 5.32 Å². The van der Waals surface area contributed by atoms with Crippen molar-refractivity contribution < 1.29 is 0 Å². The average Bonchev–Trinajstić information content (AvgIpc) is 2.80. The summed E-state index contributed by atoms with van der Waals surface area (Å²) in [4.78, 5) is 2.71. The summed E-state index contributed by atoms with van der Waals surface area (Å²) in [7, 11) is 0. The molecule has 1 aliphatic carbocycles. The summed E-state index contributed by atoms with van der Waals surface area (Å²) in [5, 5.41) is 3.55. The minimum atomic E-state index is 1.24. The van der Waals surface area contributed by atoms with Gasteiger partial charge in [0.25, 0.3) is 0 Å². The van der Waals surface area contributed by atoms with Crippen molar-refractivity contribution in [3.8, 4) is 0 Å². The lowest BCUT2D eigenvalue weighted by molar-refractivity contribution is 0.911. The van der Waals surface area contributed by atoms with Gasteiger partial charge in [-0.1, -0.05) is 23.9 Å². The highest BCUT2D eigenvalue weighted by atomic mass is 32.2. The van der Waals surface area contributed by atoms with Gasteiger partial charge in [-0.25, -0.2) is 0 Å². The standard InChI is InChI=1S/C15H13NS/c1-2-7-14-12(6-1)16-13-8-10-4-3-5-11(10)9-15(13)17-14/h1-2,6-9,16H,3-5H2. The molecule has 0 amide bonds. The number of rotatable bonds is 0. The summed E-state index contributed by atoms with van der Waals surface area (Å²) in [6.45, 7) is 0. The van der Waals surface area contributed by atoms with Crippen molar-refractivity contribution in [2.45, 2.75) is 29.1 Å². The van der Waals surface area contributed by atoms with Gasteiger partial charge in [0, 0.05) is 9.79 Å². The number of hydrogen-bond donors (Lipinski definition) is 1. The fourth-order valence-electron chi connectivity index (χ4n) is 2.71. The zero-order valence-corrected chi connectivity index (χ0v) is 10.3. The normalized spacial score (nSPS) is 15.8. The fourth-order valence-corrected chi connectivity index (χ4v) is 3.74. The Bertz CT molecular complexity index is 552. The van der Waals surface area contributed by atoms with Gasteiger partial charge in [0.05, 0.1) is 11.4 Å². The number of hydrogen-bond acceptors (Lipinski definition) is 2. The monoisotopic (exact) mass is 239 g/mol. The molecule has 2 heteroatoms. The number of nitrogens with one attached hydrogen (secondary N) is 1. The predicted octanol–water partition coefficient (Wildman–Crippen LogP) is 4.38. The van der Waals surface area contributed by atoms with E-state index in [2.05, 4.69) is 41.7 Å². The van der Waals surface area contributed by atoms with Crippen LogP contribution >= 0.6 is 11.8 Å². The van der Waals surface area contributed by atoms with Crippen molar-refractivity contribution in [2.24, 2.45) is 0 Å². The summed E-state index contributed by atoms with van der Waals surface area (Å²) >= 11 is 1.89. The molecule has 84 valence electrons. The van der Waals surface area contributed by atoms with E-state index < -0.39 is 0 Å². The first-order valence-corrected chi connectivity index (χ1v) is 6.91. The first-order chi connectivity index (χ1) is 8.40. The molecule has 1 nitrogen and oxygen atoms in total. The molecule has 4 rings (SSSR count). The van der Waals surface area contributed by atoms with Crippen LogP contribution in [-0.2, 0) is 12.8 Å². The fraction of sp³-hybridized carbons (Fsp3) is 0.200. The molecule has 0 saturated heterocycles. The highest BCUT2D eigenvalue weighted by molar-refractivity contribution is 7.99. The minimum Gasteiger partial charge on any atom is -0.354 e. The molecule has 1 heterocycles. The quantitative estimate of drug-likeness (QED) is 0.624. The third-order valence-corrected chi connectivity index (χ3v) is 4.70. The highest BCUT2D eigenvalue weighted by Gasteiger charge is 2.19. The van der Waals surface area contributed by atoms with Crippen molar-refractivity contribution in [1.29, 1.82) is 0 Å². The second kappa shape index (κ2) is 3.54. The first-order valence-electron chi connectivity index (χ1n) is 6.10. The molecule has 0 spiro atoms. The van der Waals surface area contributed by atoms with Gasteiger partial charge in [0.2, 0.25) is 0 Å². The molecule has 2 aromatic carbocycles. The third-order valence-electron chi connectivity index (χ3n) is 3.57. The van der Waals surface area contributed by atoms with E-state index in [4.69, 9.17) is 0 Å². The van der Waals surface area contributed by atoms with Crippen LogP contribution in [0.2, 0.25) is 0 Å². The van der Waals surface area contributed by atoms with E-state index in [-0.39, 0.29) is 0 Å². The zero-order valence-electron chi connectivity index (χ0n) is 9.49. The Morgan fingerprint density at radius 2 is 1.71 bits per heavy atom. The van der Waals surface area contributed by atoms with Crippen molar-refractivity contribution in [3.05, 3.63) is 47.5 Å². The Morgan fingerprint density at radius 3 is 2.65 bits per heavy atom. The molecule has 0 bridgehead atoms. The van der Waals surface area contributed by atoms with Gasteiger partial charge in [-0.2, -0.15) is 0 Å². The topological polar surface area (TPSA) is 12.0 Å². The van der Waals surface area contributed by atoms with Crippen LogP contribution in [0.15, 0.2) is 46.2 Å². The van der Waals surface area contributed by atoms with Crippen molar-refractivity contribution in [3.63, 3.8) is 0 Å². The van der Waals surface area contributed by atoms with Gasteiger partial charge in [0.1, 0.15) is 0 Å². The van der Waals surface area contributed by atoms with E-state index in [1.165, 1.54) is 46.0 Å². The van der Waals surface area contributed by atoms with Gasteiger partial charge >= 0.3 is 0 Å². The van der Waals surface area contributed by atoms with Crippen LogP contribution in [-0.4, -0.2) is 0 Å². The van der Waals surface area contributed by atoms with E-state index in [1.54, 1.807) is 5.56 Å². The zero-order chi connectivity index (χ0) is 11.2. The number of aryl methyl sites for hydroxylation is 2. The second-order valence-corrected chi connectivity index (χ2v) is 5.78. The molecule has 0 unspecified atom stereocenters. The van der Waals surface area contributed by atoms with Gasteiger partial charge in [-0.05, 0) is 54.7 Å². The lowest BCUT2D eigenvalue weighted by Crippen LogP contribution is -2.00. The molecule has 2 aliphatic rings. The first kappa shape index (κ1) is 9.60.